The largest absolute Gasteiger partial charge is 0.463 e. The molecule has 0 aliphatic heterocycles. The second-order valence-electron chi connectivity index (χ2n) is 3.77. The quantitative estimate of drug-likeness (QED) is 0.687. The lowest BCUT2D eigenvalue weighted by molar-refractivity contribution is -0.148. The fraction of sp³-hybridized carbons (Fsp3) is 0.333. The molecule has 0 aromatic heterocycles. The van der Waals surface area contributed by atoms with Crippen LogP contribution in [0.2, 0.25) is 0 Å². The molecule has 1 amide bonds. The molecule has 1 aromatic carbocycles. The van der Waals surface area contributed by atoms with Gasteiger partial charge in [0.25, 0.3) is 0 Å². The standard InChI is InChI=1S/C12H14BrNO3/c1-8(2)17-12(16)7-11(15)14-10-5-3-9(13)4-6-10/h3-6,8H,7H2,1-2H3,(H,14,15). The minimum absolute atomic E-state index is 0.206. The normalized spacial score (nSPS) is 10.1. The Hall–Kier alpha value is -1.36. The smallest absolute Gasteiger partial charge is 0.315 e. The number of nitrogens with one attached hydrogen (secondary N) is 1. The molecular weight excluding hydrogens is 286 g/mol. The first kappa shape index (κ1) is 13.7. The SMILES string of the molecule is CC(C)OC(=O)CC(=O)Nc1ccc(Br)cc1. The van der Waals surface area contributed by atoms with E-state index in [4.69, 9.17) is 4.74 Å². The number of rotatable bonds is 4. The zero-order valence-electron chi connectivity index (χ0n) is 9.70. The van der Waals surface area contributed by atoms with Gasteiger partial charge in [-0.05, 0) is 38.1 Å². The maximum absolute atomic E-state index is 11.5. The van der Waals surface area contributed by atoms with Crippen LogP contribution < -0.4 is 5.32 Å². The summed E-state index contributed by atoms with van der Waals surface area (Å²) in [5.74, 6) is -0.896. The highest BCUT2D eigenvalue weighted by Gasteiger charge is 2.12. The summed E-state index contributed by atoms with van der Waals surface area (Å²) in [6.45, 7) is 3.48. The number of benzene rings is 1. The average molecular weight is 300 g/mol. The number of hydrogen-bond donors (Lipinski definition) is 1. The number of hydrogen-bond acceptors (Lipinski definition) is 3. The molecule has 0 unspecified atom stereocenters. The predicted octanol–water partition coefficient (Wildman–Crippen LogP) is 2.73. The van der Waals surface area contributed by atoms with Crippen molar-refractivity contribution in [3.8, 4) is 0 Å². The van der Waals surface area contributed by atoms with E-state index in [0.29, 0.717) is 5.69 Å². The van der Waals surface area contributed by atoms with E-state index in [9.17, 15) is 9.59 Å². The molecule has 0 bridgehead atoms. The van der Waals surface area contributed by atoms with Crippen molar-refractivity contribution in [3.63, 3.8) is 0 Å². The number of anilines is 1. The Morgan fingerprint density at radius 2 is 1.88 bits per heavy atom. The summed E-state index contributed by atoms with van der Waals surface area (Å²) in [4.78, 5) is 22.7. The second-order valence-corrected chi connectivity index (χ2v) is 4.69. The summed E-state index contributed by atoms with van der Waals surface area (Å²) in [5.41, 5.74) is 0.649. The first-order valence-electron chi connectivity index (χ1n) is 5.22. The number of esters is 1. The number of carbonyl (C=O) groups is 2. The zero-order valence-corrected chi connectivity index (χ0v) is 11.3. The van der Waals surface area contributed by atoms with E-state index in [1.54, 1.807) is 26.0 Å². The average Bonchev–Trinajstić information content (AvgIpc) is 2.19. The molecule has 0 radical (unpaired) electrons. The molecule has 0 heterocycles. The molecule has 4 nitrogen and oxygen atoms in total. The van der Waals surface area contributed by atoms with Crippen LogP contribution in [0.15, 0.2) is 28.7 Å². The first-order valence-corrected chi connectivity index (χ1v) is 6.01. The fourth-order valence-corrected chi connectivity index (χ4v) is 1.44. The van der Waals surface area contributed by atoms with Gasteiger partial charge >= 0.3 is 5.97 Å². The minimum atomic E-state index is -0.519. The predicted molar refractivity (Wildman–Crippen MR) is 68.6 cm³/mol. The van der Waals surface area contributed by atoms with Crippen molar-refractivity contribution >= 4 is 33.5 Å². The van der Waals surface area contributed by atoms with Gasteiger partial charge in [-0.3, -0.25) is 9.59 Å². The van der Waals surface area contributed by atoms with Crippen LogP contribution in [0, 0.1) is 0 Å². The van der Waals surface area contributed by atoms with E-state index in [0.717, 1.165) is 4.47 Å². The highest BCUT2D eigenvalue weighted by molar-refractivity contribution is 9.10. The number of halogens is 1. The lowest BCUT2D eigenvalue weighted by Gasteiger charge is -2.08. The molecule has 0 aliphatic rings. The molecule has 1 N–H and O–H groups in total. The van der Waals surface area contributed by atoms with Gasteiger partial charge in [0.1, 0.15) is 6.42 Å². The molecule has 0 saturated carbocycles. The van der Waals surface area contributed by atoms with Crippen LogP contribution in [-0.4, -0.2) is 18.0 Å². The van der Waals surface area contributed by atoms with Gasteiger partial charge in [-0.15, -0.1) is 0 Å². The Balaban J connectivity index is 2.44. The maximum atomic E-state index is 11.5. The molecule has 0 fully saturated rings. The number of amides is 1. The molecule has 1 rings (SSSR count). The van der Waals surface area contributed by atoms with Gasteiger partial charge in [-0.2, -0.15) is 0 Å². The van der Waals surface area contributed by atoms with Crippen molar-refractivity contribution in [2.45, 2.75) is 26.4 Å². The van der Waals surface area contributed by atoms with Crippen molar-refractivity contribution < 1.29 is 14.3 Å². The van der Waals surface area contributed by atoms with Crippen molar-refractivity contribution in [1.29, 1.82) is 0 Å². The van der Waals surface area contributed by atoms with Gasteiger partial charge in [-0.25, -0.2) is 0 Å². The fourth-order valence-electron chi connectivity index (χ4n) is 1.17. The third-order valence-corrected chi connectivity index (χ3v) is 2.33. The molecule has 1 aromatic rings. The van der Waals surface area contributed by atoms with Crippen molar-refractivity contribution in [2.24, 2.45) is 0 Å². The third-order valence-electron chi connectivity index (χ3n) is 1.80. The van der Waals surface area contributed by atoms with E-state index in [2.05, 4.69) is 21.2 Å². The van der Waals surface area contributed by atoms with Gasteiger partial charge in [0.2, 0.25) is 5.91 Å². The molecule has 92 valence electrons. The Morgan fingerprint density at radius 1 is 1.29 bits per heavy atom. The van der Waals surface area contributed by atoms with Crippen LogP contribution in [0.5, 0.6) is 0 Å². The Labute approximate surface area is 108 Å². The van der Waals surface area contributed by atoms with Crippen LogP contribution in [-0.2, 0) is 14.3 Å². The summed E-state index contributed by atoms with van der Waals surface area (Å²) < 4.78 is 5.80. The Morgan fingerprint density at radius 3 is 2.41 bits per heavy atom. The molecular formula is C12H14BrNO3. The first-order chi connectivity index (χ1) is 7.97. The lowest BCUT2D eigenvalue weighted by Crippen LogP contribution is -2.20. The van der Waals surface area contributed by atoms with Crippen LogP contribution in [0.4, 0.5) is 5.69 Å². The highest BCUT2D eigenvalue weighted by atomic mass is 79.9. The van der Waals surface area contributed by atoms with Crippen LogP contribution >= 0.6 is 15.9 Å². The summed E-state index contributed by atoms with van der Waals surface area (Å²) in [6, 6.07) is 7.11. The molecule has 0 saturated heterocycles. The minimum Gasteiger partial charge on any atom is -0.463 e. The van der Waals surface area contributed by atoms with Gasteiger partial charge in [0.15, 0.2) is 0 Å². The second kappa shape index (κ2) is 6.39. The monoisotopic (exact) mass is 299 g/mol. The topological polar surface area (TPSA) is 55.4 Å². The van der Waals surface area contributed by atoms with Gasteiger partial charge in [0.05, 0.1) is 6.10 Å². The summed E-state index contributed by atoms with van der Waals surface area (Å²) >= 11 is 3.29. The highest BCUT2D eigenvalue weighted by Crippen LogP contribution is 2.14. The molecule has 17 heavy (non-hydrogen) atoms. The van der Waals surface area contributed by atoms with Gasteiger partial charge < -0.3 is 10.1 Å². The zero-order chi connectivity index (χ0) is 12.8. The van der Waals surface area contributed by atoms with E-state index in [1.807, 2.05) is 12.1 Å². The Kier molecular flexibility index (Phi) is 5.15. The van der Waals surface area contributed by atoms with Gasteiger partial charge in [0, 0.05) is 10.2 Å². The lowest BCUT2D eigenvalue weighted by atomic mass is 10.3. The summed E-state index contributed by atoms with van der Waals surface area (Å²) in [6.07, 6.45) is -0.475. The van der Waals surface area contributed by atoms with E-state index >= 15 is 0 Å². The Bertz CT molecular complexity index is 401. The number of carbonyl (C=O) groups excluding carboxylic acids is 2. The van der Waals surface area contributed by atoms with Crippen LogP contribution in [0.25, 0.3) is 0 Å². The van der Waals surface area contributed by atoms with E-state index in [1.165, 1.54) is 0 Å². The molecule has 5 heteroatoms. The van der Waals surface area contributed by atoms with E-state index in [-0.39, 0.29) is 18.4 Å². The molecule has 0 spiro atoms. The van der Waals surface area contributed by atoms with E-state index < -0.39 is 5.97 Å². The summed E-state index contributed by atoms with van der Waals surface area (Å²) in [5, 5.41) is 2.61. The number of ether oxygens (including phenoxy) is 1. The molecule has 0 aliphatic carbocycles. The summed E-state index contributed by atoms with van der Waals surface area (Å²) in [7, 11) is 0. The van der Waals surface area contributed by atoms with Crippen molar-refractivity contribution in [1.82, 2.24) is 0 Å². The van der Waals surface area contributed by atoms with Crippen molar-refractivity contribution in [3.05, 3.63) is 28.7 Å². The van der Waals surface area contributed by atoms with Gasteiger partial charge in [-0.1, -0.05) is 15.9 Å². The molecule has 0 atom stereocenters. The maximum Gasteiger partial charge on any atom is 0.315 e. The van der Waals surface area contributed by atoms with Crippen molar-refractivity contribution in [2.75, 3.05) is 5.32 Å². The van der Waals surface area contributed by atoms with Crippen LogP contribution in [0.1, 0.15) is 20.3 Å². The third kappa shape index (κ3) is 5.49. The van der Waals surface area contributed by atoms with Crippen LogP contribution in [0.3, 0.4) is 0 Å².